The summed E-state index contributed by atoms with van der Waals surface area (Å²) in [5, 5.41) is 20.5. The highest BCUT2D eigenvalue weighted by Crippen LogP contribution is 2.65. The molecule has 3 aliphatic carbocycles. The van der Waals surface area contributed by atoms with Crippen LogP contribution in [0.2, 0.25) is 0 Å². The highest BCUT2D eigenvalue weighted by Gasteiger charge is 2.67. The molecule has 4 aliphatic rings. The van der Waals surface area contributed by atoms with Crippen LogP contribution in [-0.4, -0.2) is 17.0 Å². The topological polar surface area (TPSA) is 83.9 Å². The van der Waals surface area contributed by atoms with Gasteiger partial charge in [-0.25, -0.2) is 4.90 Å². The molecule has 0 spiro atoms. The average Bonchev–Trinajstić information content (AvgIpc) is 3.10. The number of nitrogens with zero attached hydrogens (tertiary/aromatic N) is 2. The van der Waals surface area contributed by atoms with Crippen LogP contribution in [0.15, 0.2) is 72.8 Å². The predicted molar refractivity (Wildman–Crippen MR) is 119 cm³/mol. The first-order chi connectivity index (χ1) is 15.5. The lowest BCUT2D eigenvalue weighted by Gasteiger charge is -2.54. The molecule has 0 aromatic heterocycles. The number of carbonyl (C=O) groups excluding carboxylic acids is 2. The van der Waals surface area contributed by atoms with Crippen molar-refractivity contribution >= 4 is 23.2 Å². The number of hydrogen-bond acceptors (Lipinski definition) is 5. The fourth-order valence-electron chi connectivity index (χ4n) is 6.54. The van der Waals surface area contributed by atoms with Gasteiger partial charge in [0.05, 0.1) is 23.2 Å². The third-order valence-corrected chi connectivity index (χ3v) is 7.66. The Hall–Kier alpha value is -3.48. The molecule has 0 radical (unpaired) electrons. The Morgan fingerprint density at radius 3 is 2.16 bits per heavy atom. The molecule has 0 saturated carbocycles. The first kappa shape index (κ1) is 19.2. The van der Waals surface area contributed by atoms with E-state index in [-0.39, 0.29) is 28.6 Å². The number of hydrogen-bond donors (Lipinski definition) is 1. The molecule has 6 heteroatoms. The van der Waals surface area contributed by atoms with Crippen molar-refractivity contribution in [3.8, 4) is 0 Å². The Balaban J connectivity index is 1.60. The van der Waals surface area contributed by atoms with Crippen LogP contribution in [0.3, 0.4) is 0 Å². The summed E-state index contributed by atoms with van der Waals surface area (Å²) in [6.07, 6.45) is 0.687. The van der Waals surface area contributed by atoms with Gasteiger partial charge in [0, 0.05) is 11.3 Å². The zero-order valence-corrected chi connectivity index (χ0v) is 17.4. The Bertz CT molecular complexity index is 1240. The lowest BCUT2D eigenvalue weighted by atomic mass is 9.46. The summed E-state index contributed by atoms with van der Waals surface area (Å²) in [4.78, 5) is 29.0. The standard InChI is InChI=1S/C26H21N2O4/c1-2-26-19-12-5-3-10-17(19)21(18-11-4-6-13-20(18)26)22-23(26)25(30)27(24(22)29)15-8-7-9-16(14-15)28(31)32/h3-14,21-23,31H,2H2,1H3/q-1/t21?,22-,23+,26?/m0/s1. The van der Waals surface area contributed by atoms with E-state index in [0.29, 0.717) is 12.1 Å². The van der Waals surface area contributed by atoms with E-state index in [4.69, 9.17) is 0 Å². The van der Waals surface area contributed by atoms with Gasteiger partial charge in [0.1, 0.15) is 0 Å². The van der Waals surface area contributed by atoms with E-state index in [1.165, 1.54) is 17.0 Å². The summed E-state index contributed by atoms with van der Waals surface area (Å²) in [5.74, 6) is -1.72. The largest absolute Gasteiger partial charge is 0.733 e. The molecule has 2 bridgehead atoms. The lowest BCUT2D eigenvalue weighted by Crippen LogP contribution is -2.53. The zero-order chi connectivity index (χ0) is 22.2. The van der Waals surface area contributed by atoms with Crippen molar-refractivity contribution in [3.05, 3.63) is 100 Å². The number of amides is 2. The van der Waals surface area contributed by atoms with Gasteiger partial charge in [-0.2, -0.15) is 0 Å². The predicted octanol–water partition coefficient (Wildman–Crippen LogP) is 4.34. The van der Waals surface area contributed by atoms with E-state index >= 15 is 0 Å². The molecule has 1 heterocycles. The molecule has 1 N–H and O–H groups in total. The summed E-state index contributed by atoms with van der Waals surface area (Å²) in [5.41, 5.74) is 4.18. The minimum absolute atomic E-state index is 0.0299. The van der Waals surface area contributed by atoms with Gasteiger partial charge in [-0.1, -0.05) is 61.5 Å². The monoisotopic (exact) mass is 425 g/mol. The van der Waals surface area contributed by atoms with Crippen molar-refractivity contribution < 1.29 is 14.8 Å². The SMILES string of the molecule is CCC12c3ccccc3C(c3ccccc31)[C@@H]1C(=O)N(c3cccc(N([O-])O)c3)C(=O)[C@@H]12. The Morgan fingerprint density at radius 2 is 1.56 bits per heavy atom. The van der Waals surface area contributed by atoms with Gasteiger partial charge in [-0.3, -0.25) is 14.8 Å². The van der Waals surface area contributed by atoms with Crippen LogP contribution in [0, 0.1) is 17.0 Å². The van der Waals surface area contributed by atoms with Crippen LogP contribution < -0.4 is 10.1 Å². The molecule has 160 valence electrons. The summed E-state index contributed by atoms with van der Waals surface area (Å²) in [7, 11) is 0. The third kappa shape index (κ3) is 2.16. The number of rotatable bonds is 3. The maximum Gasteiger partial charge on any atom is 0.238 e. The van der Waals surface area contributed by atoms with Crippen molar-refractivity contribution in [2.24, 2.45) is 11.8 Å². The van der Waals surface area contributed by atoms with Gasteiger partial charge in [-0.15, -0.1) is 0 Å². The molecular weight excluding hydrogens is 404 g/mol. The Labute approximate surface area is 185 Å². The minimum Gasteiger partial charge on any atom is -0.733 e. The molecule has 6 nitrogen and oxygen atoms in total. The van der Waals surface area contributed by atoms with E-state index in [1.54, 1.807) is 12.1 Å². The third-order valence-electron chi connectivity index (χ3n) is 7.66. The Morgan fingerprint density at radius 1 is 0.938 bits per heavy atom. The maximum atomic E-state index is 14.0. The van der Waals surface area contributed by atoms with Crippen LogP contribution in [0.25, 0.3) is 0 Å². The normalized spacial score (nSPS) is 27.2. The zero-order valence-electron chi connectivity index (χ0n) is 17.4. The number of anilines is 2. The molecule has 1 aliphatic heterocycles. The molecular formula is C26H21N2O4-. The first-order valence-corrected chi connectivity index (χ1v) is 10.8. The second-order valence-corrected chi connectivity index (χ2v) is 8.79. The Kier molecular flexibility index (Phi) is 3.91. The smallest absolute Gasteiger partial charge is 0.238 e. The summed E-state index contributed by atoms with van der Waals surface area (Å²) < 4.78 is 0. The molecule has 32 heavy (non-hydrogen) atoms. The minimum atomic E-state index is -0.590. The van der Waals surface area contributed by atoms with Gasteiger partial charge in [-0.05, 0) is 46.9 Å². The highest BCUT2D eigenvalue weighted by molar-refractivity contribution is 6.24. The lowest BCUT2D eigenvalue weighted by molar-refractivity contribution is -0.123. The van der Waals surface area contributed by atoms with Crippen molar-refractivity contribution in [2.75, 3.05) is 10.1 Å². The summed E-state index contributed by atoms with van der Waals surface area (Å²) >= 11 is 0. The first-order valence-electron chi connectivity index (χ1n) is 10.8. The van der Waals surface area contributed by atoms with Gasteiger partial charge >= 0.3 is 0 Å². The molecule has 2 amide bonds. The second kappa shape index (κ2) is 6.51. The van der Waals surface area contributed by atoms with E-state index in [9.17, 15) is 20.0 Å². The van der Waals surface area contributed by atoms with Crippen LogP contribution >= 0.6 is 0 Å². The molecule has 1 fully saturated rings. The van der Waals surface area contributed by atoms with Crippen LogP contribution in [0.4, 0.5) is 11.4 Å². The molecule has 1 saturated heterocycles. The molecule has 3 aromatic carbocycles. The fourth-order valence-corrected chi connectivity index (χ4v) is 6.54. The number of imide groups is 1. The highest BCUT2D eigenvalue weighted by atomic mass is 16.8. The molecule has 3 aromatic rings. The van der Waals surface area contributed by atoms with Gasteiger partial charge in [0.25, 0.3) is 0 Å². The number of carbonyl (C=O) groups is 2. The van der Waals surface area contributed by atoms with E-state index in [1.807, 2.05) is 24.3 Å². The molecule has 0 unspecified atom stereocenters. The van der Waals surface area contributed by atoms with Crippen molar-refractivity contribution in [1.29, 1.82) is 0 Å². The maximum absolute atomic E-state index is 14.0. The van der Waals surface area contributed by atoms with Crippen molar-refractivity contribution in [2.45, 2.75) is 24.7 Å². The van der Waals surface area contributed by atoms with Gasteiger partial charge in [0.2, 0.25) is 11.8 Å². The van der Waals surface area contributed by atoms with E-state index in [2.05, 4.69) is 31.2 Å². The molecule has 2 atom stereocenters. The summed E-state index contributed by atoms with van der Waals surface area (Å²) in [6, 6.07) is 22.3. The van der Waals surface area contributed by atoms with Gasteiger partial charge < -0.3 is 10.4 Å². The number of benzene rings is 3. The summed E-state index contributed by atoms with van der Waals surface area (Å²) in [6.45, 7) is 2.08. The van der Waals surface area contributed by atoms with Gasteiger partial charge in [0.15, 0.2) is 0 Å². The quantitative estimate of drug-likeness (QED) is 0.499. The van der Waals surface area contributed by atoms with Crippen LogP contribution in [0.5, 0.6) is 0 Å². The fraction of sp³-hybridized carbons (Fsp3) is 0.231. The second-order valence-electron chi connectivity index (χ2n) is 8.79. The van der Waals surface area contributed by atoms with Crippen molar-refractivity contribution in [1.82, 2.24) is 0 Å². The van der Waals surface area contributed by atoms with E-state index < -0.39 is 17.3 Å². The molecule has 7 rings (SSSR count). The van der Waals surface area contributed by atoms with Crippen LogP contribution in [0.1, 0.15) is 41.5 Å². The van der Waals surface area contributed by atoms with Crippen LogP contribution in [-0.2, 0) is 15.0 Å². The van der Waals surface area contributed by atoms with Crippen molar-refractivity contribution in [3.63, 3.8) is 0 Å². The average molecular weight is 425 g/mol. The van der Waals surface area contributed by atoms with E-state index in [0.717, 1.165) is 22.3 Å².